The van der Waals surface area contributed by atoms with Crippen LogP contribution in [0.25, 0.3) is 0 Å². The maximum Gasteiger partial charge on any atom is 0.311 e. The fourth-order valence-corrected chi connectivity index (χ4v) is 3.56. The number of carbonyl (C=O) groups excluding carboxylic acids is 2. The van der Waals surface area contributed by atoms with Crippen LogP contribution in [0.4, 0.5) is 0 Å². The van der Waals surface area contributed by atoms with E-state index in [1.54, 1.807) is 20.8 Å². The number of hydrogen-bond donors (Lipinski definition) is 0. The first-order valence-electron chi connectivity index (χ1n) is 10.6. The topological polar surface area (TPSA) is 127 Å². The summed E-state index contributed by atoms with van der Waals surface area (Å²) in [5.74, 6) is -0.937. The Hall–Kier alpha value is -1.03. The zero-order valence-electron chi connectivity index (χ0n) is 19.5. The zero-order valence-corrected chi connectivity index (χ0v) is 20.4. The number of carbonyl (C=O) groups is 2. The molecule has 0 bridgehead atoms. The second-order valence-corrected chi connectivity index (χ2v) is 10.1. The van der Waals surface area contributed by atoms with E-state index < -0.39 is 30.6 Å². The monoisotopic (exact) mass is 530 g/mol. The molecular formula is C24H53NO9P-. The number of nitrogens with zero attached hydrogens (tertiary/aromatic N) is 1. The first-order chi connectivity index (χ1) is 14.3. The van der Waals surface area contributed by atoms with Crippen molar-refractivity contribution in [2.75, 3.05) is 53.2 Å². The van der Waals surface area contributed by atoms with Crippen molar-refractivity contribution in [3.05, 3.63) is 0 Å². The number of phosphoric acid groups is 1. The number of hydrogen-bond acceptors (Lipinski definition) is 10. The van der Waals surface area contributed by atoms with Gasteiger partial charge >= 0.3 is 11.9 Å². The van der Waals surface area contributed by atoms with E-state index in [1.165, 1.54) is 0 Å². The van der Waals surface area contributed by atoms with Gasteiger partial charge in [-0.25, -0.2) is 0 Å². The Morgan fingerprint density at radius 1 is 1.00 bits per heavy atom. The zero-order chi connectivity index (χ0) is 23.7. The Balaban J connectivity index is -0.00000120. The molecular weight excluding hydrogens is 477 g/mol. The van der Waals surface area contributed by atoms with Crippen LogP contribution >= 0.6 is 7.82 Å². The highest BCUT2D eigenvalue weighted by Gasteiger charge is 2.43. The van der Waals surface area contributed by atoms with Gasteiger partial charge in [-0.1, -0.05) is 43.6 Å². The lowest BCUT2D eigenvalue weighted by Crippen LogP contribution is -2.39. The average Bonchev–Trinajstić information content (AvgIpc) is 3.52. The minimum atomic E-state index is -4.46. The van der Waals surface area contributed by atoms with Crippen LogP contribution in [0.2, 0.25) is 0 Å². The highest BCUT2D eigenvalue weighted by atomic mass is 31.2. The lowest BCUT2D eigenvalue weighted by atomic mass is 9.72. The molecule has 0 N–H and O–H groups in total. The molecule has 0 aromatic carbocycles. The Morgan fingerprint density at radius 2 is 1.54 bits per heavy atom. The van der Waals surface area contributed by atoms with Crippen molar-refractivity contribution < 1.29 is 42.3 Å². The molecule has 3 unspecified atom stereocenters. The maximum absolute atomic E-state index is 12.6. The number of ether oxygens (including phenoxy) is 3. The van der Waals surface area contributed by atoms with Gasteiger partial charge in [0, 0.05) is 6.54 Å². The Morgan fingerprint density at radius 3 is 2.03 bits per heavy atom. The van der Waals surface area contributed by atoms with Crippen LogP contribution in [0.1, 0.15) is 77.2 Å². The van der Waals surface area contributed by atoms with E-state index in [4.69, 9.17) is 23.3 Å². The van der Waals surface area contributed by atoms with Crippen LogP contribution in [0, 0.1) is 10.8 Å². The molecule has 0 aromatic heterocycles. The second-order valence-electron chi connectivity index (χ2n) is 8.67. The van der Waals surface area contributed by atoms with E-state index >= 15 is 0 Å². The minimum absolute atomic E-state index is 0. The largest absolute Gasteiger partial charge is 0.756 e. The van der Waals surface area contributed by atoms with E-state index in [0.29, 0.717) is 19.6 Å². The van der Waals surface area contributed by atoms with Gasteiger partial charge in [-0.3, -0.25) is 14.2 Å². The predicted octanol–water partition coefficient (Wildman–Crippen LogP) is 4.30. The van der Waals surface area contributed by atoms with Crippen molar-refractivity contribution in [3.63, 3.8) is 0 Å². The van der Waals surface area contributed by atoms with Crippen LogP contribution in [-0.4, -0.2) is 76.1 Å². The fraction of sp³-hybridized carbons (Fsp3) is 0.917. The molecule has 1 rings (SSSR count). The Labute approximate surface area is 214 Å². The summed E-state index contributed by atoms with van der Waals surface area (Å²) in [5, 5.41) is 0. The molecule has 0 aliphatic carbocycles. The van der Waals surface area contributed by atoms with Crippen molar-refractivity contribution in [2.24, 2.45) is 10.8 Å². The summed E-state index contributed by atoms with van der Waals surface area (Å²) in [5.41, 5.74) is -1.85. The molecule has 10 nitrogen and oxygen atoms in total. The molecule has 0 spiro atoms. The molecule has 1 fully saturated rings. The summed E-state index contributed by atoms with van der Waals surface area (Å²) >= 11 is 0. The van der Waals surface area contributed by atoms with E-state index in [-0.39, 0.29) is 68.7 Å². The van der Waals surface area contributed by atoms with E-state index in [2.05, 4.69) is 0 Å². The van der Waals surface area contributed by atoms with Crippen molar-refractivity contribution in [2.45, 2.75) is 83.3 Å². The average molecular weight is 531 g/mol. The Bertz CT molecular complexity index is 640. The molecule has 35 heavy (non-hydrogen) atoms. The highest BCUT2D eigenvalue weighted by Crippen LogP contribution is 2.39. The second kappa shape index (κ2) is 18.3. The molecule has 1 aliphatic heterocycles. The molecule has 0 amide bonds. The summed E-state index contributed by atoms with van der Waals surface area (Å²) in [6, 6.07) is 0. The van der Waals surface area contributed by atoms with Crippen molar-refractivity contribution in [1.29, 1.82) is 0 Å². The Kier molecular flexibility index (Phi) is 21.4. The number of rotatable bonds is 16. The van der Waals surface area contributed by atoms with Gasteiger partial charge in [0.15, 0.2) is 0 Å². The number of likely N-dealkylation sites (N-methyl/N-ethyl adjacent to an activating group) is 1. The summed E-state index contributed by atoms with van der Waals surface area (Å²) in [6.45, 7) is 10.3. The van der Waals surface area contributed by atoms with Gasteiger partial charge in [0.05, 0.1) is 30.7 Å². The van der Waals surface area contributed by atoms with Crippen LogP contribution in [0.5, 0.6) is 0 Å². The first-order valence-corrected chi connectivity index (χ1v) is 12.1. The van der Waals surface area contributed by atoms with Gasteiger partial charge < -0.3 is 33.1 Å². The third-order valence-electron chi connectivity index (χ3n) is 5.29. The van der Waals surface area contributed by atoms with E-state index in [1.807, 2.05) is 25.8 Å². The summed E-state index contributed by atoms with van der Waals surface area (Å²) in [6.07, 6.45) is 0.619. The van der Waals surface area contributed by atoms with Gasteiger partial charge in [-0.2, -0.15) is 0 Å². The van der Waals surface area contributed by atoms with Crippen LogP contribution in [-0.2, 0) is 37.4 Å². The van der Waals surface area contributed by atoms with Crippen LogP contribution in [0.15, 0.2) is 0 Å². The van der Waals surface area contributed by atoms with Gasteiger partial charge in [0.25, 0.3) is 7.82 Å². The quantitative estimate of drug-likeness (QED) is 0.123. The smallest absolute Gasteiger partial charge is 0.311 e. The molecule has 214 valence electrons. The van der Waals surface area contributed by atoms with Crippen molar-refractivity contribution in [3.8, 4) is 0 Å². The molecule has 0 radical (unpaired) electrons. The van der Waals surface area contributed by atoms with Crippen LogP contribution in [0.3, 0.4) is 0 Å². The van der Waals surface area contributed by atoms with E-state index in [0.717, 1.165) is 6.54 Å². The van der Waals surface area contributed by atoms with Gasteiger partial charge in [-0.15, -0.1) is 0 Å². The van der Waals surface area contributed by atoms with Gasteiger partial charge in [0.2, 0.25) is 0 Å². The van der Waals surface area contributed by atoms with E-state index in [9.17, 15) is 19.0 Å². The van der Waals surface area contributed by atoms with Crippen molar-refractivity contribution >= 4 is 19.8 Å². The van der Waals surface area contributed by atoms with Crippen molar-refractivity contribution in [1.82, 2.24) is 4.90 Å². The maximum atomic E-state index is 12.6. The van der Waals surface area contributed by atoms with Gasteiger partial charge in [-0.05, 0) is 47.2 Å². The fourth-order valence-electron chi connectivity index (χ4n) is 2.88. The third kappa shape index (κ3) is 15.6. The third-order valence-corrected chi connectivity index (χ3v) is 6.29. The molecule has 0 saturated carbocycles. The first kappa shape index (κ1) is 41.1. The summed E-state index contributed by atoms with van der Waals surface area (Å²) in [4.78, 5) is 38.7. The summed E-state index contributed by atoms with van der Waals surface area (Å²) in [7, 11) is -2.62. The molecule has 11 heteroatoms. The molecule has 1 heterocycles. The molecule has 1 saturated heterocycles. The highest BCUT2D eigenvalue weighted by molar-refractivity contribution is 7.45. The minimum Gasteiger partial charge on any atom is -0.756 e. The number of esters is 2. The lowest BCUT2D eigenvalue weighted by molar-refractivity contribution is -0.226. The molecule has 1 aliphatic rings. The standard InChI is InChI=1S/C20H38NO9P.4CH4/c1-7-20(5,15-19(3,4)17(22)28-14-16-13-27-16)18(23)26-11-12-30-31(24,25)29-10-9-21(6)8-2;;;;/h16H,7-15H2,1-6H3,(H,24,25);4*1H4/p-1. The predicted molar refractivity (Wildman–Crippen MR) is 138 cm³/mol. The molecule has 3 atom stereocenters. The van der Waals surface area contributed by atoms with Crippen LogP contribution < -0.4 is 4.89 Å². The van der Waals surface area contributed by atoms with Gasteiger partial charge in [0.1, 0.15) is 19.3 Å². The number of phosphoric ester groups is 1. The summed E-state index contributed by atoms with van der Waals surface area (Å²) < 4.78 is 36.8. The normalized spacial score (nSPS) is 17.8. The SMILES string of the molecule is C.C.C.C.CCN(C)CCOP(=O)([O-])OCCOC(=O)C(C)(CC)CC(C)(C)C(=O)OCC1CO1. The lowest BCUT2D eigenvalue weighted by Gasteiger charge is -2.33. The number of epoxide rings is 1. The molecule has 0 aromatic rings.